The summed E-state index contributed by atoms with van der Waals surface area (Å²) in [6.45, 7) is 0.995. The summed E-state index contributed by atoms with van der Waals surface area (Å²) in [6, 6.07) is 2.65. The largest absolute Gasteiger partial charge is 0.475 e. The Balaban J connectivity index is 2.01. The molecule has 1 aliphatic rings. The molecule has 6 nitrogen and oxygen atoms in total. The lowest BCUT2D eigenvalue weighted by molar-refractivity contribution is 0.0656. The average molecular weight is 301 g/mol. The van der Waals surface area contributed by atoms with E-state index < -0.39 is 15.8 Å². The number of hydrogen-bond donors (Lipinski definition) is 1. The molecule has 1 unspecified atom stereocenters. The van der Waals surface area contributed by atoms with Gasteiger partial charge in [0.25, 0.3) is 0 Å². The van der Waals surface area contributed by atoms with E-state index in [0.29, 0.717) is 6.42 Å². The van der Waals surface area contributed by atoms with Crippen LogP contribution in [0.25, 0.3) is 0 Å². The first-order valence-electron chi connectivity index (χ1n) is 6.66. The van der Waals surface area contributed by atoms with Gasteiger partial charge in [0.2, 0.25) is 20.7 Å². The van der Waals surface area contributed by atoms with Crippen molar-refractivity contribution in [2.75, 3.05) is 19.3 Å². The molecule has 0 saturated carbocycles. The van der Waals surface area contributed by atoms with Crippen molar-refractivity contribution in [3.05, 3.63) is 17.9 Å². The van der Waals surface area contributed by atoms with Crippen molar-refractivity contribution in [1.29, 1.82) is 0 Å². The van der Waals surface area contributed by atoms with Crippen LogP contribution in [-0.2, 0) is 9.84 Å². The molecule has 2 rings (SSSR count). The molecule has 1 aromatic rings. The summed E-state index contributed by atoms with van der Waals surface area (Å²) in [6.07, 6.45) is 3.82. The SMILES string of the molecule is CN1CCCCC1CCS(=O)(=O)c1ccc(C(=O)O)o1. The van der Waals surface area contributed by atoms with Crippen LogP contribution in [0.5, 0.6) is 0 Å². The quantitative estimate of drug-likeness (QED) is 0.889. The fourth-order valence-electron chi connectivity index (χ4n) is 2.50. The van der Waals surface area contributed by atoms with Crippen LogP contribution in [0.1, 0.15) is 36.2 Å². The molecule has 0 bridgehead atoms. The van der Waals surface area contributed by atoms with Crippen molar-refractivity contribution in [3.63, 3.8) is 0 Å². The van der Waals surface area contributed by atoms with E-state index in [2.05, 4.69) is 4.90 Å². The minimum absolute atomic E-state index is 0.0193. The summed E-state index contributed by atoms with van der Waals surface area (Å²) < 4.78 is 29.1. The van der Waals surface area contributed by atoms with Gasteiger partial charge in [-0.1, -0.05) is 6.42 Å². The van der Waals surface area contributed by atoms with Gasteiger partial charge >= 0.3 is 5.97 Å². The number of carboxylic acids is 1. The Labute approximate surface area is 118 Å². The molecular weight excluding hydrogens is 282 g/mol. The monoisotopic (exact) mass is 301 g/mol. The smallest absolute Gasteiger partial charge is 0.371 e. The van der Waals surface area contributed by atoms with Crippen LogP contribution >= 0.6 is 0 Å². The first kappa shape index (κ1) is 15.1. The van der Waals surface area contributed by atoms with Crippen LogP contribution in [0.4, 0.5) is 0 Å². The van der Waals surface area contributed by atoms with Crippen molar-refractivity contribution >= 4 is 15.8 Å². The van der Waals surface area contributed by atoms with Crippen molar-refractivity contribution in [3.8, 4) is 0 Å². The number of carbonyl (C=O) groups is 1. The van der Waals surface area contributed by atoms with Gasteiger partial charge in [0, 0.05) is 6.04 Å². The van der Waals surface area contributed by atoms with Crippen LogP contribution in [0.15, 0.2) is 21.6 Å². The average Bonchev–Trinajstić information content (AvgIpc) is 2.88. The van der Waals surface area contributed by atoms with Crippen molar-refractivity contribution in [1.82, 2.24) is 4.90 Å². The molecular formula is C13H19NO5S. The Hall–Kier alpha value is -1.34. The number of sulfone groups is 1. The Kier molecular flexibility index (Phi) is 4.49. The molecule has 1 aromatic heterocycles. The zero-order chi connectivity index (χ0) is 14.8. The van der Waals surface area contributed by atoms with Crippen molar-refractivity contribution in [2.24, 2.45) is 0 Å². The zero-order valence-electron chi connectivity index (χ0n) is 11.4. The highest BCUT2D eigenvalue weighted by molar-refractivity contribution is 7.91. The Morgan fingerprint density at radius 1 is 1.45 bits per heavy atom. The topological polar surface area (TPSA) is 87.8 Å². The first-order valence-corrected chi connectivity index (χ1v) is 8.31. The van der Waals surface area contributed by atoms with Gasteiger partial charge in [-0.05, 0) is 45.0 Å². The number of carboxylic acid groups (broad SMARTS) is 1. The van der Waals surface area contributed by atoms with Gasteiger partial charge < -0.3 is 14.4 Å². The molecule has 0 radical (unpaired) electrons. The predicted octanol–water partition coefficient (Wildman–Crippen LogP) is 1.63. The van der Waals surface area contributed by atoms with E-state index in [1.165, 1.54) is 12.1 Å². The van der Waals surface area contributed by atoms with Gasteiger partial charge in [0.1, 0.15) is 0 Å². The molecule has 0 amide bonds. The Morgan fingerprint density at radius 3 is 2.80 bits per heavy atom. The van der Waals surface area contributed by atoms with Gasteiger partial charge in [-0.3, -0.25) is 0 Å². The van der Waals surface area contributed by atoms with E-state index in [1.54, 1.807) is 0 Å². The lowest BCUT2D eigenvalue weighted by Gasteiger charge is -2.32. The van der Waals surface area contributed by atoms with Gasteiger partial charge in [0.05, 0.1) is 5.75 Å². The highest BCUT2D eigenvalue weighted by Crippen LogP contribution is 2.21. The van der Waals surface area contributed by atoms with Gasteiger partial charge in [-0.25, -0.2) is 13.2 Å². The summed E-state index contributed by atoms with van der Waals surface area (Å²) in [5.74, 6) is -1.63. The summed E-state index contributed by atoms with van der Waals surface area (Å²) in [5.41, 5.74) is 0. The molecule has 0 aliphatic carbocycles. The molecule has 0 aromatic carbocycles. The molecule has 1 atom stereocenters. The van der Waals surface area contributed by atoms with Crippen molar-refractivity contribution < 1.29 is 22.7 Å². The first-order chi connectivity index (χ1) is 9.40. The predicted molar refractivity (Wildman–Crippen MR) is 72.6 cm³/mol. The summed E-state index contributed by atoms with van der Waals surface area (Å²) >= 11 is 0. The highest BCUT2D eigenvalue weighted by Gasteiger charge is 2.25. The number of hydrogen-bond acceptors (Lipinski definition) is 5. The van der Waals surface area contributed by atoms with E-state index in [-0.39, 0.29) is 22.6 Å². The second kappa shape index (κ2) is 5.97. The minimum atomic E-state index is -3.55. The lowest BCUT2D eigenvalue weighted by atomic mass is 10.0. The number of nitrogens with zero attached hydrogens (tertiary/aromatic N) is 1. The molecule has 1 saturated heterocycles. The second-order valence-corrected chi connectivity index (χ2v) is 7.20. The number of piperidine rings is 1. The molecule has 1 fully saturated rings. The number of aromatic carboxylic acids is 1. The van der Waals surface area contributed by atoms with E-state index in [1.807, 2.05) is 7.05 Å². The molecule has 20 heavy (non-hydrogen) atoms. The Morgan fingerprint density at radius 2 is 2.20 bits per heavy atom. The van der Waals surface area contributed by atoms with E-state index in [0.717, 1.165) is 25.8 Å². The molecule has 2 heterocycles. The standard InChI is InChI=1S/C13H19NO5S/c1-14-8-3-2-4-10(14)7-9-20(17,18)12-6-5-11(19-12)13(15)16/h5-6,10H,2-4,7-9H2,1H3,(H,15,16). The van der Waals surface area contributed by atoms with Gasteiger partial charge in [-0.2, -0.15) is 0 Å². The molecule has 0 spiro atoms. The number of rotatable bonds is 5. The second-order valence-electron chi connectivity index (χ2n) is 5.16. The van der Waals surface area contributed by atoms with Crippen LogP contribution < -0.4 is 0 Å². The van der Waals surface area contributed by atoms with Gasteiger partial charge in [-0.15, -0.1) is 0 Å². The highest BCUT2D eigenvalue weighted by atomic mass is 32.2. The van der Waals surface area contributed by atoms with Crippen LogP contribution in [-0.4, -0.2) is 49.8 Å². The van der Waals surface area contributed by atoms with Crippen LogP contribution in [0.3, 0.4) is 0 Å². The summed E-state index contributed by atoms with van der Waals surface area (Å²) in [7, 11) is -1.55. The van der Waals surface area contributed by atoms with Gasteiger partial charge in [0.15, 0.2) is 0 Å². The maximum absolute atomic E-state index is 12.1. The molecule has 112 valence electrons. The van der Waals surface area contributed by atoms with E-state index >= 15 is 0 Å². The molecule has 7 heteroatoms. The molecule has 1 aliphatic heterocycles. The normalized spacial score (nSPS) is 20.9. The maximum atomic E-state index is 12.1. The fourth-order valence-corrected chi connectivity index (χ4v) is 3.78. The van der Waals surface area contributed by atoms with E-state index in [9.17, 15) is 13.2 Å². The lowest BCUT2D eigenvalue weighted by Crippen LogP contribution is -2.37. The minimum Gasteiger partial charge on any atom is -0.475 e. The fraction of sp³-hybridized carbons (Fsp3) is 0.615. The van der Waals surface area contributed by atoms with Crippen LogP contribution in [0.2, 0.25) is 0 Å². The number of likely N-dealkylation sites (tertiary alicyclic amines) is 1. The van der Waals surface area contributed by atoms with Crippen molar-refractivity contribution in [2.45, 2.75) is 36.8 Å². The third kappa shape index (κ3) is 3.40. The Bertz CT molecular complexity index is 577. The summed E-state index contributed by atoms with van der Waals surface area (Å²) in [4.78, 5) is 12.9. The zero-order valence-corrected chi connectivity index (χ0v) is 12.2. The number of furan rings is 1. The third-order valence-corrected chi connectivity index (χ3v) is 5.35. The van der Waals surface area contributed by atoms with E-state index in [4.69, 9.17) is 9.52 Å². The summed E-state index contributed by atoms with van der Waals surface area (Å²) in [5, 5.41) is 8.48. The van der Waals surface area contributed by atoms with Crippen LogP contribution in [0, 0.1) is 0 Å². The third-order valence-electron chi connectivity index (χ3n) is 3.74. The maximum Gasteiger partial charge on any atom is 0.371 e. The molecule has 1 N–H and O–H groups in total.